The van der Waals surface area contributed by atoms with Gasteiger partial charge in [-0.05, 0) is 30.3 Å². The number of rotatable bonds is 7. The standard InChI is InChI=1S/C17H16FN3O7S/c1-20(2)10-19-29(25,26)15-9-11(17(22)27-3)8-14(21(23)24)16(15)28-13-6-4-12(18)5-7-13/h4-10H,1-3H3. The highest BCUT2D eigenvalue weighted by molar-refractivity contribution is 7.90. The first-order chi connectivity index (χ1) is 13.5. The van der Waals surface area contributed by atoms with Crippen LogP contribution in [0, 0.1) is 15.9 Å². The fourth-order valence-corrected chi connectivity index (χ4v) is 3.17. The van der Waals surface area contributed by atoms with Gasteiger partial charge in [0.2, 0.25) is 5.75 Å². The normalized spacial score (nSPS) is 11.3. The predicted molar refractivity (Wildman–Crippen MR) is 100 cm³/mol. The van der Waals surface area contributed by atoms with E-state index in [1.54, 1.807) is 0 Å². The average Bonchev–Trinajstić information content (AvgIpc) is 2.67. The Bertz CT molecular complexity index is 1070. The van der Waals surface area contributed by atoms with Crippen molar-refractivity contribution in [3.8, 4) is 11.5 Å². The van der Waals surface area contributed by atoms with Gasteiger partial charge in [0, 0.05) is 20.2 Å². The maximum absolute atomic E-state index is 13.1. The summed E-state index contributed by atoms with van der Waals surface area (Å²) in [6.45, 7) is 0. The van der Waals surface area contributed by atoms with Crippen LogP contribution in [-0.4, -0.2) is 51.8 Å². The van der Waals surface area contributed by atoms with Gasteiger partial charge in [-0.1, -0.05) is 0 Å². The molecule has 0 aliphatic carbocycles. The molecule has 0 heterocycles. The molecule has 0 atom stereocenters. The zero-order chi connectivity index (χ0) is 21.8. The number of nitro groups is 1. The Labute approximate surface area is 165 Å². The quantitative estimate of drug-likeness (QED) is 0.218. The fraction of sp³-hybridized carbons (Fsp3) is 0.176. The van der Waals surface area contributed by atoms with Gasteiger partial charge in [-0.2, -0.15) is 8.42 Å². The minimum atomic E-state index is -4.52. The number of halogens is 1. The molecular weight excluding hydrogens is 409 g/mol. The van der Waals surface area contributed by atoms with Gasteiger partial charge in [-0.3, -0.25) is 10.1 Å². The van der Waals surface area contributed by atoms with Crippen LogP contribution in [0.25, 0.3) is 0 Å². The SMILES string of the molecule is COC(=O)c1cc([N+](=O)[O-])c(Oc2ccc(F)cc2)c(S(=O)(=O)N=CN(C)C)c1. The van der Waals surface area contributed by atoms with Crippen molar-refractivity contribution >= 4 is 28.0 Å². The van der Waals surface area contributed by atoms with E-state index in [4.69, 9.17) is 4.74 Å². The van der Waals surface area contributed by atoms with Crippen molar-refractivity contribution < 1.29 is 32.0 Å². The Morgan fingerprint density at radius 1 is 1.24 bits per heavy atom. The van der Waals surface area contributed by atoms with Gasteiger partial charge < -0.3 is 14.4 Å². The van der Waals surface area contributed by atoms with Crippen LogP contribution in [0.4, 0.5) is 10.1 Å². The molecule has 0 aliphatic heterocycles. The van der Waals surface area contributed by atoms with Crippen LogP contribution in [0.1, 0.15) is 10.4 Å². The van der Waals surface area contributed by atoms with E-state index < -0.39 is 43.1 Å². The van der Waals surface area contributed by atoms with Crippen molar-refractivity contribution in [1.82, 2.24) is 4.90 Å². The minimum Gasteiger partial charge on any atom is -0.465 e. The molecule has 0 saturated carbocycles. The number of ether oxygens (including phenoxy) is 2. The topological polar surface area (TPSA) is 128 Å². The van der Waals surface area contributed by atoms with Crippen LogP contribution >= 0.6 is 0 Å². The fourth-order valence-electron chi connectivity index (χ4n) is 2.09. The number of nitro benzene ring substituents is 1. The molecular formula is C17H16FN3O7S. The first kappa shape index (κ1) is 21.8. The summed E-state index contributed by atoms with van der Waals surface area (Å²) in [5, 5.41) is 11.5. The summed E-state index contributed by atoms with van der Waals surface area (Å²) in [6, 6.07) is 6.06. The maximum Gasteiger partial charge on any atom is 0.338 e. The molecule has 0 unspecified atom stereocenters. The second kappa shape index (κ2) is 8.65. The summed E-state index contributed by atoms with van der Waals surface area (Å²) >= 11 is 0. The van der Waals surface area contributed by atoms with Gasteiger partial charge in [-0.25, -0.2) is 9.18 Å². The van der Waals surface area contributed by atoms with Gasteiger partial charge in [0.1, 0.15) is 22.8 Å². The Morgan fingerprint density at radius 3 is 2.38 bits per heavy atom. The van der Waals surface area contributed by atoms with Crippen molar-refractivity contribution in [2.45, 2.75) is 4.90 Å². The second-order valence-corrected chi connectivity index (χ2v) is 7.39. The lowest BCUT2D eigenvalue weighted by atomic mass is 10.2. The van der Waals surface area contributed by atoms with Crippen molar-refractivity contribution in [2.75, 3.05) is 21.2 Å². The molecule has 0 spiro atoms. The first-order valence-corrected chi connectivity index (χ1v) is 9.30. The van der Waals surface area contributed by atoms with Crippen LogP contribution in [0.2, 0.25) is 0 Å². The third-order valence-corrected chi connectivity index (χ3v) is 4.61. The first-order valence-electron chi connectivity index (χ1n) is 7.86. The summed E-state index contributed by atoms with van der Waals surface area (Å²) in [5.74, 6) is -2.32. The Balaban J connectivity index is 2.78. The third kappa shape index (κ3) is 5.25. The number of sulfonamides is 1. The zero-order valence-electron chi connectivity index (χ0n) is 15.5. The molecule has 29 heavy (non-hydrogen) atoms. The molecule has 0 N–H and O–H groups in total. The molecule has 0 fully saturated rings. The average molecular weight is 425 g/mol. The lowest BCUT2D eigenvalue weighted by Gasteiger charge is -2.12. The van der Waals surface area contributed by atoms with Gasteiger partial charge in [0.25, 0.3) is 10.0 Å². The van der Waals surface area contributed by atoms with Crippen LogP contribution in [0.3, 0.4) is 0 Å². The molecule has 2 aromatic rings. The second-order valence-electron chi connectivity index (χ2n) is 5.79. The van der Waals surface area contributed by atoms with Gasteiger partial charge in [-0.15, -0.1) is 4.40 Å². The smallest absolute Gasteiger partial charge is 0.338 e. The Kier molecular flexibility index (Phi) is 6.49. The number of carbonyl (C=O) groups excluding carboxylic acids is 1. The van der Waals surface area contributed by atoms with E-state index in [1.165, 1.54) is 19.0 Å². The number of methoxy groups -OCH3 is 1. The molecule has 0 saturated heterocycles. The minimum absolute atomic E-state index is 0.0617. The maximum atomic E-state index is 13.1. The summed E-state index contributed by atoms with van der Waals surface area (Å²) in [7, 11) is -0.449. The molecule has 0 aliphatic rings. The summed E-state index contributed by atoms with van der Waals surface area (Å²) in [6.07, 6.45) is 0.966. The largest absolute Gasteiger partial charge is 0.465 e. The lowest BCUT2D eigenvalue weighted by Crippen LogP contribution is -2.12. The van der Waals surface area contributed by atoms with Gasteiger partial charge >= 0.3 is 11.7 Å². The number of carbonyl (C=O) groups is 1. The summed E-state index contributed by atoms with van der Waals surface area (Å²) in [5.41, 5.74) is -1.19. The van der Waals surface area contributed by atoms with Crippen LogP contribution in [0.5, 0.6) is 11.5 Å². The predicted octanol–water partition coefficient (Wildman–Crippen LogP) is 2.59. The highest BCUT2D eigenvalue weighted by Gasteiger charge is 2.31. The lowest BCUT2D eigenvalue weighted by molar-refractivity contribution is -0.385. The van der Waals surface area contributed by atoms with Crippen molar-refractivity contribution in [1.29, 1.82) is 0 Å². The van der Waals surface area contributed by atoms with E-state index in [0.29, 0.717) is 0 Å². The Morgan fingerprint density at radius 2 is 1.86 bits per heavy atom. The summed E-state index contributed by atoms with van der Waals surface area (Å²) in [4.78, 5) is 23.1. The van der Waals surface area contributed by atoms with Crippen molar-refractivity contribution in [2.24, 2.45) is 4.40 Å². The van der Waals surface area contributed by atoms with E-state index in [0.717, 1.165) is 49.8 Å². The van der Waals surface area contributed by atoms with E-state index >= 15 is 0 Å². The van der Waals surface area contributed by atoms with Gasteiger partial charge in [0.15, 0.2) is 0 Å². The number of esters is 1. The number of nitrogens with zero attached hydrogens (tertiary/aromatic N) is 3. The Hall–Kier alpha value is -3.54. The molecule has 0 bridgehead atoms. The van der Waals surface area contributed by atoms with Crippen LogP contribution < -0.4 is 4.74 Å². The van der Waals surface area contributed by atoms with Crippen LogP contribution in [0.15, 0.2) is 45.7 Å². The molecule has 0 amide bonds. The molecule has 0 aromatic heterocycles. The molecule has 0 radical (unpaired) electrons. The highest BCUT2D eigenvalue weighted by Crippen LogP contribution is 2.39. The summed E-state index contributed by atoms with van der Waals surface area (Å²) < 4.78 is 51.9. The van der Waals surface area contributed by atoms with Gasteiger partial charge in [0.05, 0.1) is 17.6 Å². The number of hydrogen-bond donors (Lipinski definition) is 0. The van der Waals surface area contributed by atoms with E-state index in [1.807, 2.05) is 0 Å². The third-order valence-electron chi connectivity index (χ3n) is 3.38. The van der Waals surface area contributed by atoms with Crippen molar-refractivity contribution in [3.05, 3.63) is 57.9 Å². The number of hydrogen-bond acceptors (Lipinski definition) is 7. The van der Waals surface area contributed by atoms with E-state index in [-0.39, 0.29) is 11.3 Å². The zero-order valence-corrected chi connectivity index (χ0v) is 16.3. The molecule has 10 nitrogen and oxygen atoms in total. The molecule has 2 rings (SSSR count). The molecule has 12 heteroatoms. The van der Waals surface area contributed by atoms with E-state index in [9.17, 15) is 27.7 Å². The monoisotopic (exact) mass is 425 g/mol. The van der Waals surface area contributed by atoms with Crippen LogP contribution in [-0.2, 0) is 14.8 Å². The van der Waals surface area contributed by atoms with Crippen molar-refractivity contribution in [3.63, 3.8) is 0 Å². The highest BCUT2D eigenvalue weighted by atomic mass is 32.2. The molecule has 154 valence electrons. The van der Waals surface area contributed by atoms with E-state index in [2.05, 4.69) is 9.13 Å². The molecule has 2 aromatic carbocycles. The number of benzene rings is 2.